The Morgan fingerprint density at radius 3 is 2.68 bits per heavy atom. The molecule has 0 unspecified atom stereocenters. The van der Waals surface area contributed by atoms with Gasteiger partial charge < -0.3 is 10.6 Å². The average molecular weight is 295 g/mol. The molecule has 0 aliphatic heterocycles. The van der Waals surface area contributed by atoms with Crippen LogP contribution in [0.5, 0.6) is 0 Å². The zero-order valence-electron chi connectivity index (χ0n) is 11.2. The van der Waals surface area contributed by atoms with E-state index in [4.69, 9.17) is 0 Å². The van der Waals surface area contributed by atoms with E-state index < -0.39 is 0 Å². The molecule has 0 amide bonds. The van der Waals surface area contributed by atoms with Crippen LogP contribution in [0.4, 0.5) is 0 Å². The molecule has 2 aromatic heterocycles. The Kier molecular flexibility index (Phi) is 4.86. The number of nitrogens with zero attached hydrogens (tertiary/aromatic N) is 3. The van der Waals surface area contributed by atoms with Crippen molar-refractivity contribution in [1.29, 1.82) is 0 Å². The van der Waals surface area contributed by atoms with Crippen LogP contribution >= 0.6 is 22.7 Å². The first-order valence-corrected chi connectivity index (χ1v) is 7.64. The van der Waals surface area contributed by atoms with Crippen molar-refractivity contribution in [2.24, 2.45) is 4.99 Å². The quantitative estimate of drug-likeness (QED) is 0.670. The van der Waals surface area contributed by atoms with E-state index in [0.29, 0.717) is 6.54 Å². The van der Waals surface area contributed by atoms with Gasteiger partial charge >= 0.3 is 0 Å². The van der Waals surface area contributed by atoms with E-state index in [1.54, 1.807) is 35.9 Å². The summed E-state index contributed by atoms with van der Waals surface area (Å²) in [5.74, 6) is 0.778. The molecule has 0 saturated heterocycles. The lowest BCUT2D eigenvalue weighted by Gasteiger charge is -2.10. The second-order valence-corrected chi connectivity index (χ2v) is 6.21. The first-order valence-electron chi connectivity index (χ1n) is 5.95. The molecule has 5 nitrogen and oxygen atoms in total. The number of aryl methyl sites for hydroxylation is 2. The molecule has 0 atom stereocenters. The van der Waals surface area contributed by atoms with Gasteiger partial charge in [0.05, 0.1) is 23.8 Å². The van der Waals surface area contributed by atoms with Gasteiger partial charge in [0.2, 0.25) is 0 Å². The predicted molar refractivity (Wildman–Crippen MR) is 80.7 cm³/mol. The largest absolute Gasteiger partial charge is 0.351 e. The summed E-state index contributed by atoms with van der Waals surface area (Å²) in [6.07, 6.45) is 1.81. The van der Waals surface area contributed by atoms with Crippen LogP contribution in [0, 0.1) is 13.8 Å². The van der Waals surface area contributed by atoms with Gasteiger partial charge in [-0.05, 0) is 13.8 Å². The third kappa shape index (κ3) is 4.00. The van der Waals surface area contributed by atoms with Gasteiger partial charge in [0.15, 0.2) is 5.96 Å². The molecule has 19 heavy (non-hydrogen) atoms. The second kappa shape index (κ2) is 6.63. The first kappa shape index (κ1) is 14.0. The van der Waals surface area contributed by atoms with Gasteiger partial charge in [0.1, 0.15) is 5.01 Å². The average Bonchev–Trinajstić information content (AvgIpc) is 3.00. The molecule has 102 valence electrons. The molecule has 0 aliphatic carbocycles. The van der Waals surface area contributed by atoms with Gasteiger partial charge in [-0.15, -0.1) is 22.7 Å². The maximum absolute atomic E-state index is 4.41. The van der Waals surface area contributed by atoms with Crippen LogP contribution in [0.25, 0.3) is 0 Å². The van der Waals surface area contributed by atoms with Gasteiger partial charge in [-0.3, -0.25) is 4.99 Å². The number of rotatable bonds is 4. The van der Waals surface area contributed by atoms with Crippen molar-refractivity contribution in [2.45, 2.75) is 26.9 Å². The van der Waals surface area contributed by atoms with Gasteiger partial charge in [0, 0.05) is 23.5 Å². The molecule has 0 aromatic carbocycles. The lowest BCUT2D eigenvalue weighted by Crippen LogP contribution is -2.36. The summed E-state index contributed by atoms with van der Waals surface area (Å²) in [6, 6.07) is 0. The summed E-state index contributed by atoms with van der Waals surface area (Å²) in [5.41, 5.74) is 1.09. The molecule has 0 aliphatic rings. The van der Waals surface area contributed by atoms with Gasteiger partial charge in [-0.1, -0.05) is 0 Å². The number of thiazole rings is 2. The Balaban J connectivity index is 1.84. The summed E-state index contributed by atoms with van der Waals surface area (Å²) >= 11 is 3.35. The van der Waals surface area contributed by atoms with Gasteiger partial charge in [-0.2, -0.15) is 0 Å². The highest BCUT2D eigenvalue weighted by Gasteiger charge is 2.06. The second-order valence-electron chi connectivity index (χ2n) is 3.95. The zero-order valence-corrected chi connectivity index (χ0v) is 12.9. The van der Waals surface area contributed by atoms with E-state index in [9.17, 15) is 0 Å². The minimum Gasteiger partial charge on any atom is -0.351 e. The van der Waals surface area contributed by atoms with Crippen molar-refractivity contribution in [3.63, 3.8) is 0 Å². The third-order valence-corrected chi connectivity index (χ3v) is 4.38. The Labute approximate surface area is 120 Å². The lowest BCUT2D eigenvalue weighted by atomic mass is 10.4. The standard InChI is InChI=1S/C12H17N5S2/c1-8-10(19-9(2)17-8)6-15-12(13-3)16-7-11-14-4-5-18-11/h4-5H,6-7H2,1-3H3,(H2,13,15,16). The lowest BCUT2D eigenvalue weighted by molar-refractivity contribution is 0.807. The fraction of sp³-hybridized carbons (Fsp3) is 0.417. The SMILES string of the molecule is CN=C(NCc1nccs1)NCc1sc(C)nc1C. The molecule has 2 heterocycles. The van der Waals surface area contributed by atoms with Crippen LogP contribution in [0.2, 0.25) is 0 Å². The van der Waals surface area contributed by atoms with E-state index in [0.717, 1.165) is 28.2 Å². The van der Waals surface area contributed by atoms with Crippen molar-refractivity contribution < 1.29 is 0 Å². The number of aromatic nitrogens is 2. The Morgan fingerprint density at radius 1 is 1.32 bits per heavy atom. The first-order chi connectivity index (χ1) is 9.19. The molecule has 0 radical (unpaired) electrons. The fourth-order valence-electron chi connectivity index (χ4n) is 1.62. The highest BCUT2D eigenvalue weighted by atomic mass is 32.1. The number of hydrogen-bond donors (Lipinski definition) is 2. The molecule has 0 saturated carbocycles. The summed E-state index contributed by atoms with van der Waals surface area (Å²) in [6.45, 7) is 5.50. The van der Waals surface area contributed by atoms with Crippen LogP contribution in [0.3, 0.4) is 0 Å². The van der Waals surface area contributed by atoms with Crippen molar-refractivity contribution in [3.8, 4) is 0 Å². The smallest absolute Gasteiger partial charge is 0.191 e. The van der Waals surface area contributed by atoms with E-state index in [1.807, 2.05) is 19.2 Å². The Bertz CT molecular complexity index is 544. The van der Waals surface area contributed by atoms with Crippen molar-refractivity contribution in [2.75, 3.05) is 7.05 Å². The highest BCUT2D eigenvalue weighted by molar-refractivity contribution is 7.11. The van der Waals surface area contributed by atoms with Gasteiger partial charge in [0.25, 0.3) is 0 Å². The highest BCUT2D eigenvalue weighted by Crippen LogP contribution is 2.16. The van der Waals surface area contributed by atoms with Crippen LogP contribution in [-0.4, -0.2) is 23.0 Å². The van der Waals surface area contributed by atoms with E-state index in [2.05, 4.69) is 25.6 Å². The van der Waals surface area contributed by atoms with Gasteiger partial charge in [-0.25, -0.2) is 9.97 Å². The molecule has 2 rings (SSSR count). The van der Waals surface area contributed by atoms with Crippen LogP contribution in [0.1, 0.15) is 20.6 Å². The summed E-state index contributed by atoms with van der Waals surface area (Å²) < 4.78 is 0. The van der Waals surface area contributed by atoms with Crippen molar-refractivity contribution in [1.82, 2.24) is 20.6 Å². The number of nitrogens with one attached hydrogen (secondary N) is 2. The van der Waals surface area contributed by atoms with E-state index in [1.165, 1.54) is 4.88 Å². The number of aliphatic imine (C=N–C) groups is 1. The molecule has 2 aromatic rings. The molecule has 0 fully saturated rings. The van der Waals surface area contributed by atoms with Crippen molar-refractivity contribution >= 4 is 28.6 Å². The Morgan fingerprint density at radius 2 is 2.11 bits per heavy atom. The minimum absolute atomic E-state index is 0.693. The Hall–Kier alpha value is -1.47. The zero-order chi connectivity index (χ0) is 13.7. The number of hydrogen-bond acceptors (Lipinski definition) is 5. The normalized spacial score (nSPS) is 11.6. The molecule has 0 bridgehead atoms. The molecular weight excluding hydrogens is 278 g/mol. The third-order valence-electron chi connectivity index (χ3n) is 2.53. The van der Waals surface area contributed by atoms with Crippen LogP contribution in [0.15, 0.2) is 16.6 Å². The van der Waals surface area contributed by atoms with E-state index >= 15 is 0 Å². The maximum Gasteiger partial charge on any atom is 0.191 e. The summed E-state index contributed by atoms with van der Waals surface area (Å²) in [7, 11) is 1.77. The van der Waals surface area contributed by atoms with E-state index in [-0.39, 0.29) is 0 Å². The molecular formula is C12H17N5S2. The van der Waals surface area contributed by atoms with Crippen molar-refractivity contribution in [3.05, 3.63) is 32.2 Å². The number of guanidine groups is 1. The summed E-state index contributed by atoms with van der Waals surface area (Å²) in [5, 5.41) is 10.6. The molecule has 2 N–H and O–H groups in total. The van der Waals surface area contributed by atoms with Crippen LogP contribution in [-0.2, 0) is 13.1 Å². The maximum atomic E-state index is 4.41. The predicted octanol–water partition coefficient (Wildman–Crippen LogP) is 2.08. The minimum atomic E-state index is 0.693. The topological polar surface area (TPSA) is 62.2 Å². The molecule has 0 spiro atoms. The van der Waals surface area contributed by atoms with Crippen LogP contribution < -0.4 is 10.6 Å². The monoisotopic (exact) mass is 295 g/mol. The summed E-state index contributed by atoms with van der Waals surface area (Å²) in [4.78, 5) is 14.1. The fourth-order valence-corrected chi connectivity index (χ4v) is 3.05. The molecule has 7 heteroatoms.